The van der Waals surface area contributed by atoms with Crippen molar-refractivity contribution in [2.45, 2.75) is 0 Å². The smallest absolute Gasteiger partial charge is 0.00264 e. The zero-order valence-electron chi connectivity index (χ0n) is 27.5. The Kier molecular flexibility index (Phi) is 6.60. The molecule has 0 heteroatoms. The third-order valence-electron chi connectivity index (χ3n) is 10.5. The first kappa shape index (κ1) is 28.5. The van der Waals surface area contributed by atoms with Gasteiger partial charge in [-0.3, -0.25) is 0 Å². The summed E-state index contributed by atoms with van der Waals surface area (Å²) in [7, 11) is 0. The summed E-state index contributed by atoms with van der Waals surface area (Å²) in [5.74, 6) is 0. The molecule has 10 aromatic rings. The molecule has 0 unspecified atom stereocenters. The van der Waals surface area contributed by atoms with Crippen molar-refractivity contribution in [3.63, 3.8) is 0 Å². The van der Waals surface area contributed by atoms with Gasteiger partial charge in [-0.05, 0) is 104 Å². The number of fused-ring (bicyclic) bond motifs is 6. The minimum atomic E-state index is 1.23. The van der Waals surface area contributed by atoms with Crippen LogP contribution in [-0.2, 0) is 0 Å². The van der Waals surface area contributed by atoms with Crippen molar-refractivity contribution in [3.8, 4) is 44.5 Å². The van der Waals surface area contributed by atoms with Gasteiger partial charge in [0.1, 0.15) is 0 Å². The maximum absolute atomic E-state index is 2.35. The second-order valence-electron chi connectivity index (χ2n) is 13.2. The zero-order valence-corrected chi connectivity index (χ0v) is 27.5. The van der Waals surface area contributed by atoms with E-state index in [4.69, 9.17) is 0 Å². The predicted octanol–water partition coefficient (Wildman–Crippen LogP) is 14.1. The molecule has 0 aliphatic heterocycles. The molecular weight excluding hydrogens is 601 g/mol. The fraction of sp³-hybridized carbons (Fsp3) is 0. The molecule has 0 aliphatic carbocycles. The van der Waals surface area contributed by atoms with E-state index in [0.717, 1.165) is 0 Å². The molecule has 0 heterocycles. The third-order valence-corrected chi connectivity index (χ3v) is 10.5. The highest BCUT2D eigenvalue weighted by molar-refractivity contribution is 6.21. The van der Waals surface area contributed by atoms with Crippen LogP contribution in [0.1, 0.15) is 0 Å². The van der Waals surface area contributed by atoms with Crippen LogP contribution in [0.3, 0.4) is 0 Å². The van der Waals surface area contributed by atoms with Crippen LogP contribution >= 0.6 is 0 Å². The molecule has 0 saturated carbocycles. The quantitative estimate of drug-likeness (QED) is 0.134. The van der Waals surface area contributed by atoms with Gasteiger partial charge in [0.05, 0.1) is 0 Å². The molecule has 0 aromatic heterocycles. The summed E-state index contributed by atoms with van der Waals surface area (Å²) in [5.41, 5.74) is 10.0. The first-order valence-corrected chi connectivity index (χ1v) is 17.4. The first-order valence-electron chi connectivity index (χ1n) is 17.4. The standard InChI is InChI=1S/C50H32/c1-3-15-39-33(12-1)14-11-23-40(39)34-24-28-36(29-25-34)49-44-19-7-9-21-46(44)50(47-22-10-8-20-45(47)49)37-30-26-35(27-31-37)48-32-38-13-2-4-16-41(38)42-17-5-6-18-43(42)48/h1-32H. The molecule has 0 saturated heterocycles. The van der Waals surface area contributed by atoms with Gasteiger partial charge in [-0.1, -0.05) is 188 Å². The molecule has 0 nitrogen and oxygen atoms in total. The fourth-order valence-corrected chi connectivity index (χ4v) is 8.15. The molecule has 50 heavy (non-hydrogen) atoms. The van der Waals surface area contributed by atoms with Gasteiger partial charge in [0, 0.05) is 0 Å². The lowest BCUT2D eigenvalue weighted by Gasteiger charge is -2.18. The SMILES string of the molecule is c1ccc2c(-c3ccc(-c4c5ccccc5c(-c5ccc(-c6cc7ccccc7c7ccccc67)cc5)c5ccccc45)cc3)cccc2c1. The maximum atomic E-state index is 2.35. The van der Waals surface area contributed by atoms with E-state index in [9.17, 15) is 0 Å². The molecule has 0 radical (unpaired) electrons. The summed E-state index contributed by atoms with van der Waals surface area (Å²) in [4.78, 5) is 0. The van der Waals surface area contributed by atoms with Crippen LogP contribution in [0.25, 0.3) is 98.4 Å². The normalized spacial score (nSPS) is 11.6. The van der Waals surface area contributed by atoms with Crippen molar-refractivity contribution in [3.05, 3.63) is 194 Å². The molecule has 0 fully saturated rings. The molecule has 0 spiro atoms. The van der Waals surface area contributed by atoms with Crippen LogP contribution < -0.4 is 0 Å². The molecule has 0 bridgehead atoms. The number of hydrogen-bond donors (Lipinski definition) is 0. The van der Waals surface area contributed by atoms with Crippen LogP contribution in [-0.4, -0.2) is 0 Å². The minimum absolute atomic E-state index is 1.23. The lowest BCUT2D eigenvalue weighted by atomic mass is 9.85. The van der Waals surface area contributed by atoms with Gasteiger partial charge < -0.3 is 0 Å². The van der Waals surface area contributed by atoms with Gasteiger partial charge in [0.25, 0.3) is 0 Å². The summed E-state index contributed by atoms with van der Waals surface area (Å²) >= 11 is 0. The zero-order chi connectivity index (χ0) is 33.0. The Morgan fingerprint density at radius 3 is 1.14 bits per heavy atom. The van der Waals surface area contributed by atoms with Crippen LogP contribution in [0.5, 0.6) is 0 Å². The first-order chi connectivity index (χ1) is 24.8. The van der Waals surface area contributed by atoms with Crippen molar-refractivity contribution >= 4 is 53.9 Å². The second-order valence-corrected chi connectivity index (χ2v) is 13.2. The third kappa shape index (κ3) is 4.54. The summed E-state index contributed by atoms with van der Waals surface area (Å²) in [5, 5.41) is 12.8. The monoisotopic (exact) mass is 632 g/mol. The van der Waals surface area contributed by atoms with E-state index >= 15 is 0 Å². The Morgan fingerprint density at radius 2 is 0.580 bits per heavy atom. The van der Waals surface area contributed by atoms with E-state index in [1.54, 1.807) is 0 Å². The lowest BCUT2D eigenvalue weighted by Crippen LogP contribution is -1.91. The van der Waals surface area contributed by atoms with E-state index in [1.807, 2.05) is 0 Å². The Balaban J connectivity index is 1.12. The van der Waals surface area contributed by atoms with Gasteiger partial charge in [0.15, 0.2) is 0 Å². The average Bonchev–Trinajstić information content (AvgIpc) is 3.19. The van der Waals surface area contributed by atoms with E-state index in [1.165, 1.54) is 98.4 Å². The van der Waals surface area contributed by atoms with Crippen LogP contribution in [0, 0.1) is 0 Å². The average molecular weight is 633 g/mol. The minimum Gasteiger partial charge on any atom is -0.0616 e. The Bertz CT molecular complexity index is 2830. The highest BCUT2D eigenvalue weighted by Crippen LogP contribution is 2.45. The fourth-order valence-electron chi connectivity index (χ4n) is 8.15. The van der Waals surface area contributed by atoms with Gasteiger partial charge in [-0.2, -0.15) is 0 Å². The molecule has 10 rings (SSSR count). The molecule has 0 aliphatic rings. The highest BCUT2D eigenvalue weighted by Gasteiger charge is 2.17. The largest absolute Gasteiger partial charge is 0.0616 e. The van der Waals surface area contributed by atoms with Crippen molar-refractivity contribution in [1.82, 2.24) is 0 Å². The van der Waals surface area contributed by atoms with Crippen molar-refractivity contribution in [1.29, 1.82) is 0 Å². The summed E-state index contributed by atoms with van der Waals surface area (Å²) in [6.07, 6.45) is 0. The van der Waals surface area contributed by atoms with Gasteiger partial charge in [-0.15, -0.1) is 0 Å². The Morgan fingerprint density at radius 1 is 0.200 bits per heavy atom. The maximum Gasteiger partial charge on any atom is -0.00264 e. The summed E-state index contributed by atoms with van der Waals surface area (Å²) in [6, 6.07) is 71.2. The van der Waals surface area contributed by atoms with Crippen molar-refractivity contribution in [2.24, 2.45) is 0 Å². The van der Waals surface area contributed by atoms with Crippen LogP contribution in [0.2, 0.25) is 0 Å². The Hall–Kier alpha value is -6.50. The number of benzene rings is 10. The molecular formula is C50H32. The van der Waals surface area contributed by atoms with Crippen molar-refractivity contribution < 1.29 is 0 Å². The molecule has 232 valence electrons. The van der Waals surface area contributed by atoms with Crippen LogP contribution in [0.4, 0.5) is 0 Å². The van der Waals surface area contributed by atoms with Gasteiger partial charge in [0.2, 0.25) is 0 Å². The second kappa shape index (κ2) is 11.6. The van der Waals surface area contributed by atoms with E-state index in [2.05, 4.69) is 194 Å². The molecule has 0 amide bonds. The number of rotatable bonds is 4. The molecule has 0 N–H and O–H groups in total. The van der Waals surface area contributed by atoms with E-state index < -0.39 is 0 Å². The van der Waals surface area contributed by atoms with Crippen LogP contribution in [0.15, 0.2) is 194 Å². The predicted molar refractivity (Wildman–Crippen MR) is 216 cm³/mol. The van der Waals surface area contributed by atoms with Gasteiger partial charge >= 0.3 is 0 Å². The highest BCUT2D eigenvalue weighted by atomic mass is 14.2. The molecule has 0 atom stereocenters. The topological polar surface area (TPSA) is 0 Å². The lowest BCUT2D eigenvalue weighted by molar-refractivity contribution is 1.63. The van der Waals surface area contributed by atoms with Crippen molar-refractivity contribution in [2.75, 3.05) is 0 Å². The van der Waals surface area contributed by atoms with E-state index in [0.29, 0.717) is 0 Å². The number of hydrogen-bond acceptors (Lipinski definition) is 0. The van der Waals surface area contributed by atoms with E-state index in [-0.39, 0.29) is 0 Å². The summed E-state index contributed by atoms with van der Waals surface area (Å²) < 4.78 is 0. The Labute approximate surface area is 291 Å². The molecule has 10 aromatic carbocycles. The summed E-state index contributed by atoms with van der Waals surface area (Å²) in [6.45, 7) is 0. The van der Waals surface area contributed by atoms with Gasteiger partial charge in [-0.25, -0.2) is 0 Å².